The second-order valence-corrected chi connectivity index (χ2v) is 8.28. The van der Waals surface area contributed by atoms with Gasteiger partial charge in [0.1, 0.15) is 0 Å². The Kier molecular flexibility index (Phi) is 6.38. The molecule has 4 rings (SSSR count). The van der Waals surface area contributed by atoms with E-state index < -0.39 is 23.3 Å². The molecule has 0 aliphatic carbocycles. The summed E-state index contributed by atoms with van der Waals surface area (Å²) in [5.74, 6) is -1.23. The van der Waals surface area contributed by atoms with Gasteiger partial charge in [-0.3, -0.25) is 14.9 Å². The number of ketones is 1. The number of esters is 1. The zero-order valence-electron chi connectivity index (χ0n) is 18.4. The molecule has 8 heteroatoms. The molecule has 0 saturated heterocycles. The number of fused-ring (bicyclic) bond motifs is 1. The maximum atomic E-state index is 13.0. The van der Waals surface area contributed by atoms with Gasteiger partial charge in [0, 0.05) is 33.2 Å². The molecule has 7 nitrogen and oxygen atoms in total. The van der Waals surface area contributed by atoms with Crippen molar-refractivity contribution in [3.63, 3.8) is 0 Å². The summed E-state index contributed by atoms with van der Waals surface area (Å²) in [7, 11) is 0. The first-order valence-corrected chi connectivity index (χ1v) is 10.7. The van der Waals surface area contributed by atoms with Gasteiger partial charge in [-0.25, -0.2) is 9.78 Å². The van der Waals surface area contributed by atoms with Gasteiger partial charge in [-0.15, -0.1) is 0 Å². The number of nitro benzene ring substituents is 1. The first-order chi connectivity index (χ1) is 16.2. The Hall–Kier alpha value is -4.10. The molecule has 4 aromatic rings. The first-order valence-electron chi connectivity index (χ1n) is 10.4. The number of hydrogen-bond donors (Lipinski definition) is 0. The molecule has 1 heterocycles. The molecular weight excluding hydrogens is 456 g/mol. The molecule has 0 radical (unpaired) electrons. The van der Waals surface area contributed by atoms with E-state index in [0.717, 1.165) is 11.1 Å². The van der Waals surface area contributed by atoms with E-state index in [-0.39, 0.29) is 16.8 Å². The first kappa shape index (κ1) is 23.1. The zero-order valence-corrected chi connectivity index (χ0v) is 19.1. The molecule has 34 heavy (non-hydrogen) atoms. The summed E-state index contributed by atoms with van der Waals surface area (Å²) in [5, 5.41) is 12.3. The molecule has 0 aliphatic heterocycles. The Morgan fingerprint density at radius 2 is 1.74 bits per heavy atom. The minimum atomic E-state index is -0.692. The standard InChI is InChI=1S/C26H19ClN2O5/c1-15-3-10-22-20(11-15)21(13-23(28-22)17-6-8-19(27)9-7-17)26(31)34-14-25(30)18-5-4-16(2)24(12-18)29(32)33/h3-13H,14H2,1-2H3. The molecule has 1 aromatic heterocycles. The lowest BCUT2D eigenvalue weighted by Gasteiger charge is -2.11. The van der Waals surface area contributed by atoms with Gasteiger partial charge in [0.15, 0.2) is 6.61 Å². The lowest BCUT2D eigenvalue weighted by molar-refractivity contribution is -0.385. The topological polar surface area (TPSA) is 99.4 Å². The minimum Gasteiger partial charge on any atom is -0.454 e. The van der Waals surface area contributed by atoms with Crippen molar-refractivity contribution in [2.24, 2.45) is 0 Å². The largest absolute Gasteiger partial charge is 0.454 e. The maximum Gasteiger partial charge on any atom is 0.339 e. The molecule has 3 aromatic carbocycles. The van der Waals surface area contributed by atoms with Crippen molar-refractivity contribution in [3.05, 3.63) is 104 Å². The quantitative estimate of drug-likeness (QED) is 0.144. The fourth-order valence-corrected chi connectivity index (χ4v) is 3.67. The van der Waals surface area contributed by atoms with E-state index >= 15 is 0 Å². The second-order valence-electron chi connectivity index (χ2n) is 7.84. The third kappa shape index (κ3) is 4.79. The molecule has 0 fully saturated rings. The van der Waals surface area contributed by atoms with E-state index in [0.29, 0.717) is 27.2 Å². The van der Waals surface area contributed by atoms with E-state index in [1.807, 2.05) is 25.1 Å². The van der Waals surface area contributed by atoms with Crippen molar-refractivity contribution in [2.45, 2.75) is 13.8 Å². The Balaban J connectivity index is 1.64. The van der Waals surface area contributed by atoms with Gasteiger partial charge < -0.3 is 4.74 Å². The van der Waals surface area contributed by atoms with Crippen molar-refractivity contribution in [1.82, 2.24) is 4.98 Å². The summed E-state index contributed by atoms with van der Waals surface area (Å²) in [6, 6.07) is 18.4. The molecule has 0 amide bonds. The van der Waals surface area contributed by atoms with Crippen molar-refractivity contribution in [1.29, 1.82) is 0 Å². The van der Waals surface area contributed by atoms with Crippen LogP contribution in [0.25, 0.3) is 22.2 Å². The Labute approximate surface area is 200 Å². The average Bonchev–Trinajstić information content (AvgIpc) is 2.82. The lowest BCUT2D eigenvalue weighted by atomic mass is 10.0. The van der Waals surface area contributed by atoms with Crippen LogP contribution < -0.4 is 0 Å². The van der Waals surface area contributed by atoms with Gasteiger partial charge in [0.25, 0.3) is 5.69 Å². The van der Waals surface area contributed by atoms with Gasteiger partial charge in [-0.05, 0) is 44.2 Å². The molecule has 0 unspecified atom stereocenters. The van der Waals surface area contributed by atoms with Crippen LogP contribution in [0.1, 0.15) is 31.8 Å². The molecule has 170 valence electrons. The fourth-order valence-electron chi connectivity index (χ4n) is 3.55. The van der Waals surface area contributed by atoms with Crippen LogP contribution >= 0.6 is 11.6 Å². The van der Waals surface area contributed by atoms with Crippen LogP contribution in [0.3, 0.4) is 0 Å². The van der Waals surface area contributed by atoms with Crippen LogP contribution in [0, 0.1) is 24.0 Å². The number of nitrogens with zero attached hydrogens (tertiary/aromatic N) is 2. The van der Waals surface area contributed by atoms with Gasteiger partial charge in [-0.2, -0.15) is 0 Å². The number of Topliss-reactive ketones (excluding diaryl/α,β-unsaturated/α-hetero) is 1. The number of halogens is 1. The normalized spacial score (nSPS) is 10.8. The molecule has 0 saturated carbocycles. The smallest absolute Gasteiger partial charge is 0.339 e. The number of nitro groups is 1. The highest BCUT2D eigenvalue weighted by Gasteiger charge is 2.19. The lowest BCUT2D eigenvalue weighted by Crippen LogP contribution is -2.15. The number of ether oxygens (including phenoxy) is 1. The zero-order chi connectivity index (χ0) is 24.4. The summed E-state index contributed by atoms with van der Waals surface area (Å²) >= 11 is 5.99. The third-order valence-electron chi connectivity index (χ3n) is 5.39. The van der Waals surface area contributed by atoms with Gasteiger partial charge in [-0.1, -0.05) is 47.5 Å². The molecular formula is C26H19ClN2O5. The van der Waals surface area contributed by atoms with Crippen molar-refractivity contribution in [2.75, 3.05) is 6.61 Å². The van der Waals surface area contributed by atoms with Crippen molar-refractivity contribution in [3.8, 4) is 11.3 Å². The third-order valence-corrected chi connectivity index (χ3v) is 5.64. The highest BCUT2D eigenvalue weighted by Crippen LogP contribution is 2.27. The van der Waals surface area contributed by atoms with Gasteiger partial charge in [0.05, 0.1) is 21.7 Å². The van der Waals surface area contributed by atoms with Crippen molar-refractivity contribution >= 4 is 39.9 Å². The van der Waals surface area contributed by atoms with Gasteiger partial charge >= 0.3 is 5.97 Å². The Morgan fingerprint density at radius 3 is 2.44 bits per heavy atom. The summed E-state index contributed by atoms with van der Waals surface area (Å²) in [4.78, 5) is 40.9. The summed E-state index contributed by atoms with van der Waals surface area (Å²) in [6.07, 6.45) is 0. The van der Waals surface area contributed by atoms with E-state index in [4.69, 9.17) is 16.3 Å². The number of carbonyl (C=O) groups is 2. The van der Waals surface area contributed by atoms with Crippen LogP contribution in [-0.2, 0) is 4.74 Å². The highest BCUT2D eigenvalue weighted by atomic mass is 35.5. The van der Waals surface area contributed by atoms with E-state index in [1.54, 1.807) is 37.3 Å². The fraction of sp³-hybridized carbons (Fsp3) is 0.115. The second kappa shape index (κ2) is 9.41. The van der Waals surface area contributed by atoms with Crippen LogP contribution in [-0.4, -0.2) is 28.3 Å². The van der Waals surface area contributed by atoms with Crippen LogP contribution in [0.15, 0.2) is 66.7 Å². The number of rotatable bonds is 6. The summed E-state index contributed by atoms with van der Waals surface area (Å²) in [6.45, 7) is 2.93. The van der Waals surface area contributed by atoms with Crippen LogP contribution in [0.5, 0.6) is 0 Å². The van der Waals surface area contributed by atoms with Crippen LogP contribution in [0.4, 0.5) is 5.69 Å². The number of benzene rings is 3. The average molecular weight is 475 g/mol. The van der Waals surface area contributed by atoms with E-state index in [1.165, 1.54) is 18.2 Å². The van der Waals surface area contributed by atoms with E-state index in [9.17, 15) is 19.7 Å². The van der Waals surface area contributed by atoms with Gasteiger partial charge in [0.2, 0.25) is 5.78 Å². The Morgan fingerprint density at radius 1 is 1.00 bits per heavy atom. The highest BCUT2D eigenvalue weighted by molar-refractivity contribution is 6.30. The number of aryl methyl sites for hydroxylation is 2. The molecule has 0 spiro atoms. The number of aromatic nitrogens is 1. The minimum absolute atomic E-state index is 0.0994. The van der Waals surface area contributed by atoms with Crippen LogP contribution in [0.2, 0.25) is 5.02 Å². The summed E-state index contributed by atoms with van der Waals surface area (Å²) < 4.78 is 5.33. The number of hydrogen-bond acceptors (Lipinski definition) is 6. The predicted molar refractivity (Wildman–Crippen MR) is 129 cm³/mol. The monoisotopic (exact) mass is 474 g/mol. The number of pyridine rings is 1. The molecule has 0 atom stereocenters. The molecule has 0 N–H and O–H groups in total. The maximum absolute atomic E-state index is 13.0. The summed E-state index contributed by atoms with van der Waals surface area (Å²) in [5.41, 5.74) is 3.50. The molecule has 0 aliphatic rings. The predicted octanol–water partition coefficient (Wildman–Crippen LogP) is 6.12. The Bertz CT molecular complexity index is 1450. The van der Waals surface area contributed by atoms with E-state index in [2.05, 4.69) is 4.98 Å². The molecule has 0 bridgehead atoms. The van der Waals surface area contributed by atoms with Crippen molar-refractivity contribution < 1.29 is 19.2 Å². The number of carbonyl (C=O) groups excluding carboxylic acids is 2. The SMILES string of the molecule is Cc1ccc2nc(-c3ccc(Cl)cc3)cc(C(=O)OCC(=O)c3ccc(C)c([N+](=O)[O-])c3)c2c1.